The van der Waals surface area contributed by atoms with E-state index in [2.05, 4.69) is 0 Å². The zero-order valence-corrected chi connectivity index (χ0v) is 18.4. The third-order valence-corrected chi connectivity index (χ3v) is 6.28. The third kappa shape index (κ3) is 4.24. The number of ether oxygens (including phenoxy) is 4. The largest absolute Gasteiger partial charge is 0.493 e. The van der Waals surface area contributed by atoms with Crippen molar-refractivity contribution >= 4 is 5.78 Å². The number of hydrogen-bond donors (Lipinski definition) is 4. The first-order valence-corrected chi connectivity index (χ1v) is 10.7. The van der Waals surface area contributed by atoms with Crippen molar-refractivity contribution in [2.75, 3.05) is 20.8 Å². The molecule has 0 bridgehead atoms. The standard InChI is InChI=1S/C24H28O9/c1-30-18-10-16(32-17-8-13(11-25)20(27)22(29)21(17)28)19-14(26)9-15(12-6-4-3-5-7-12)33-24(19)23(18)31-2/h3-7,10,13,15,17,20-22,25,27-29H,8-9,11H2,1-2H3/t13-,15-,17-,20-,21+,22+/m1/s1. The molecule has 9 nitrogen and oxygen atoms in total. The molecule has 1 aliphatic carbocycles. The molecule has 1 heterocycles. The normalized spacial score (nSPS) is 29.1. The molecular formula is C24H28O9. The molecule has 9 heteroatoms. The number of benzene rings is 2. The van der Waals surface area contributed by atoms with Gasteiger partial charge in [-0.1, -0.05) is 30.3 Å². The molecule has 0 radical (unpaired) electrons. The minimum atomic E-state index is -1.51. The van der Waals surface area contributed by atoms with Gasteiger partial charge in [0.25, 0.3) is 0 Å². The lowest BCUT2D eigenvalue weighted by Crippen LogP contribution is -2.56. The molecule has 2 aliphatic rings. The number of carbonyl (C=O) groups is 1. The van der Waals surface area contributed by atoms with Crippen molar-refractivity contribution in [2.45, 2.75) is 43.4 Å². The lowest BCUT2D eigenvalue weighted by Gasteiger charge is -2.40. The number of rotatable bonds is 6. The second-order valence-electron chi connectivity index (χ2n) is 8.27. The Morgan fingerprint density at radius 1 is 1.00 bits per heavy atom. The number of aliphatic hydroxyl groups is 4. The highest BCUT2D eigenvalue weighted by molar-refractivity contribution is 6.04. The maximum atomic E-state index is 13.3. The Hall–Kier alpha value is -2.85. The Morgan fingerprint density at radius 3 is 2.36 bits per heavy atom. The van der Waals surface area contributed by atoms with Crippen molar-refractivity contribution in [3.8, 4) is 23.0 Å². The third-order valence-electron chi connectivity index (χ3n) is 6.28. The molecule has 0 unspecified atom stereocenters. The van der Waals surface area contributed by atoms with E-state index in [1.165, 1.54) is 20.3 Å². The molecule has 6 atom stereocenters. The topological polar surface area (TPSA) is 135 Å². The summed E-state index contributed by atoms with van der Waals surface area (Å²) in [4.78, 5) is 13.3. The zero-order chi connectivity index (χ0) is 23.7. The summed E-state index contributed by atoms with van der Waals surface area (Å²) in [6, 6.07) is 10.8. The van der Waals surface area contributed by atoms with Crippen LogP contribution in [0.5, 0.6) is 23.0 Å². The summed E-state index contributed by atoms with van der Waals surface area (Å²) in [6.45, 7) is -0.393. The first-order valence-electron chi connectivity index (χ1n) is 10.7. The Bertz CT molecular complexity index is 991. The second-order valence-corrected chi connectivity index (χ2v) is 8.27. The van der Waals surface area contributed by atoms with E-state index >= 15 is 0 Å². The minimum absolute atomic E-state index is 0.0662. The van der Waals surface area contributed by atoms with Crippen molar-refractivity contribution in [3.05, 3.63) is 47.5 Å². The van der Waals surface area contributed by atoms with Gasteiger partial charge in [-0.2, -0.15) is 0 Å². The smallest absolute Gasteiger partial charge is 0.204 e. The Balaban J connectivity index is 1.74. The lowest BCUT2D eigenvalue weighted by atomic mass is 9.81. The van der Waals surface area contributed by atoms with Crippen LogP contribution >= 0.6 is 0 Å². The van der Waals surface area contributed by atoms with Crippen LogP contribution < -0.4 is 18.9 Å². The summed E-state index contributed by atoms with van der Waals surface area (Å²) in [5, 5.41) is 40.3. The van der Waals surface area contributed by atoms with E-state index in [0.717, 1.165) is 5.56 Å². The van der Waals surface area contributed by atoms with Gasteiger partial charge in [0, 0.05) is 18.6 Å². The molecule has 0 aromatic heterocycles. The van der Waals surface area contributed by atoms with Crippen LogP contribution in [0.1, 0.15) is 34.9 Å². The van der Waals surface area contributed by atoms with Crippen LogP contribution in [0.25, 0.3) is 0 Å². The van der Waals surface area contributed by atoms with Crippen molar-refractivity contribution in [3.63, 3.8) is 0 Å². The van der Waals surface area contributed by atoms with Gasteiger partial charge >= 0.3 is 0 Å². The van der Waals surface area contributed by atoms with Gasteiger partial charge in [-0.15, -0.1) is 0 Å². The van der Waals surface area contributed by atoms with Crippen molar-refractivity contribution in [1.29, 1.82) is 0 Å². The number of carbonyl (C=O) groups excluding carboxylic acids is 1. The summed E-state index contributed by atoms with van der Waals surface area (Å²) < 4.78 is 23.1. The van der Waals surface area contributed by atoms with Crippen molar-refractivity contribution in [2.24, 2.45) is 5.92 Å². The maximum Gasteiger partial charge on any atom is 0.204 e. The van der Waals surface area contributed by atoms with Crippen LogP contribution in [-0.2, 0) is 0 Å². The van der Waals surface area contributed by atoms with Crippen LogP contribution in [-0.4, -0.2) is 71.5 Å². The van der Waals surface area contributed by atoms with Gasteiger partial charge < -0.3 is 39.4 Å². The molecule has 0 amide bonds. The first-order chi connectivity index (χ1) is 15.9. The summed E-state index contributed by atoms with van der Waals surface area (Å²) in [6.07, 6.45) is -5.61. The van der Waals surface area contributed by atoms with Gasteiger partial charge in [-0.3, -0.25) is 4.79 Å². The fraction of sp³-hybridized carbons (Fsp3) is 0.458. The van der Waals surface area contributed by atoms with E-state index in [-0.39, 0.29) is 47.2 Å². The SMILES string of the molecule is COc1cc(O[C@@H]2C[C@H](CO)[C@@H](O)[C@H](O)[C@H]2O)c2c(c1OC)O[C@@H](c1ccccc1)CC2=O. The first kappa shape index (κ1) is 23.3. The highest BCUT2D eigenvalue weighted by atomic mass is 16.5. The van der Waals surface area contributed by atoms with Crippen molar-refractivity contribution < 1.29 is 44.2 Å². The van der Waals surface area contributed by atoms with Gasteiger partial charge in [0.15, 0.2) is 17.3 Å². The minimum Gasteiger partial charge on any atom is -0.493 e. The maximum absolute atomic E-state index is 13.3. The quantitative estimate of drug-likeness (QED) is 0.502. The predicted molar refractivity (Wildman–Crippen MR) is 116 cm³/mol. The molecule has 1 saturated carbocycles. The molecule has 0 saturated heterocycles. The van der Waals surface area contributed by atoms with Gasteiger partial charge in [-0.05, 0) is 12.0 Å². The average molecular weight is 460 g/mol. The Kier molecular flexibility index (Phi) is 6.76. The molecule has 178 valence electrons. The molecule has 1 aliphatic heterocycles. The van der Waals surface area contributed by atoms with Crippen molar-refractivity contribution in [1.82, 2.24) is 0 Å². The summed E-state index contributed by atoms with van der Waals surface area (Å²) in [5.41, 5.74) is 0.975. The Morgan fingerprint density at radius 2 is 1.73 bits per heavy atom. The molecule has 4 rings (SSSR count). The second kappa shape index (κ2) is 9.56. The lowest BCUT2D eigenvalue weighted by molar-refractivity contribution is -0.157. The molecule has 2 aromatic rings. The summed E-state index contributed by atoms with van der Waals surface area (Å²) >= 11 is 0. The highest BCUT2D eigenvalue weighted by Crippen LogP contribution is 2.50. The zero-order valence-electron chi connectivity index (χ0n) is 18.4. The molecule has 0 spiro atoms. The number of hydrogen-bond acceptors (Lipinski definition) is 9. The van der Waals surface area contributed by atoms with Gasteiger partial charge in [0.1, 0.15) is 35.7 Å². The summed E-state index contributed by atoms with van der Waals surface area (Å²) in [7, 11) is 2.87. The molecule has 2 aromatic carbocycles. The van der Waals surface area contributed by atoms with Gasteiger partial charge in [-0.25, -0.2) is 0 Å². The molecule has 1 fully saturated rings. The van der Waals surface area contributed by atoms with E-state index in [1.54, 1.807) is 0 Å². The van der Waals surface area contributed by atoms with Crippen LogP contribution in [0.3, 0.4) is 0 Å². The fourth-order valence-electron chi connectivity index (χ4n) is 4.46. The van der Waals surface area contributed by atoms with Crippen LogP contribution in [0, 0.1) is 5.92 Å². The van der Waals surface area contributed by atoms with E-state index in [4.69, 9.17) is 18.9 Å². The number of methoxy groups -OCH3 is 2. The van der Waals surface area contributed by atoms with E-state index in [0.29, 0.717) is 0 Å². The molecule has 33 heavy (non-hydrogen) atoms. The van der Waals surface area contributed by atoms with Crippen LogP contribution in [0.4, 0.5) is 0 Å². The number of Topliss-reactive ketones (excluding diaryl/α,β-unsaturated/α-hetero) is 1. The summed E-state index contributed by atoms with van der Waals surface area (Å²) in [5.74, 6) is -0.173. The highest BCUT2D eigenvalue weighted by Gasteiger charge is 2.44. The van der Waals surface area contributed by atoms with E-state index in [9.17, 15) is 25.2 Å². The molecular weight excluding hydrogens is 432 g/mol. The van der Waals surface area contributed by atoms with Gasteiger partial charge in [0.05, 0.1) is 26.7 Å². The van der Waals surface area contributed by atoms with E-state index in [1.807, 2.05) is 30.3 Å². The van der Waals surface area contributed by atoms with Gasteiger partial charge in [0.2, 0.25) is 5.75 Å². The molecule has 4 N–H and O–H groups in total. The van der Waals surface area contributed by atoms with Crippen LogP contribution in [0.15, 0.2) is 36.4 Å². The monoisotopic (exact) mass is 460 g/mol. The van der Waals surface area contributed by atoms with Crippen LogP contribution in [0.2, 0.25) is 0 Å². The van der Waals surface area contributed by atoms with E-state index < -0.39 is 43.0 Å². The average Bonchev–Trinajstić information content (AvgIpc) is 2.84. The number of aliphatic hydroxyl groups excluding tert-OH is 4. The Labute approximate surface area is 191 Å². The number of ketones is 1. The number of fused-ring (bicyclic) bond motifs is 1. The fourth-order valence-corrected chi connectivity index (χ4v) is 4.46. The predicted octanol–water partition coefficient (Wildman–Crippen LogP) is 1.25.